The predicted molar refractivity (Wildman–Crippen MR) is 75.9 cm³/mol. The number of likely N-dealkylation sites (N-methyl/N-ethyl adjacent to an activating group) is 1. The van der Waals surface area contributed by atoms with Gasteiger partial charge in [-0.05, 0) is 24.6 Å². The van der Waals surface area contributed by atoms with E-state index in [2.05, 4.69) is 5.32 Å². The van der Waals surface area contributed by atoms with Gasteiger partial charge in [0.25, 0.3) is 0 Å². The number of nitrogens with zero attached hydrogens (tertiary/aromatic N) is 1. The van der Waals surface area contributed by atoms with Gasteiger partial charge in [-0.25, -0.2) is 4.79 Å². The number of amides is 2. The molecule has 0 aromatic heterocycles. The van der Waals surface area contributed by atoms with E-state index in [1.165, 1.54) is 4.90 Å². The monoisotopic (exact) mass is 280 g/mol. The highest BCUT2D eigenvalue weighted by Gasteiger charge is 2.15. The highest BCUT2D eigenvalue weighted by Crippen LogP contribution is 2.12. The molecule has 0 aliphatic rings. The minimum atomic E-state index is -0.903. The van der Waals surface area contributed by atoms with E-state index in [-0.39, 0.29) is 18.5 Å². The van der Waals surface area contributed by atoms with Gasteiger partial charge >= 0.3 is 12.0 Å². The van der Waals surface area contributed by atoms with Crippen molar-refractivity contribution < 1.29 is 19.4 Å². The van der Waals surface area contributed by atoms with Crippen molar-refractivity contribution in [2.24, 2.45) is 0 Å². The molecule has 6 heteroatoms. The first-order valence-corrected chi connectivity index (χ1v) is 6.27. The standard InChI is InChI=1S/C14H20N2O4/c1-10(9-20-3)16(2)14(19)15-12-6-4-5-11(7-12)8-13(17)18/h4-7,10H,8-9H2,1-3H3,(H,15,19)(H,17,18). The maximum absolute atomic E-state index is 12.0. The Morgan fingerprint density at radius 3 is 2.75 bits per heavy atom. The van der Waals surface area contributed by atoms with Crippen molar-refractivity contribution in [2.45, 2.75) is 19.4 Å². The lowest BCUT2D eigenvalue weighted by Gasteiger charge is -2.24. The van der Waals surface area contributed by atoms with Crippen LogP contribution in [-0.4, -0.2) is 48.8 Å². The van der Waals surface area contributed by atoms with Gasteiger partial charge < -0.3 is 20.1 Å². The summed E-state index contributed by atoms with van der Waals surface area (Å²) in [5, 5.41) is 11.5. The zero-order valence-electron chi connectivity index (χ0n) is 11.9. The number of methoxy groups -OCH3 is 1. The molecule has 0 bridgehead atoms. The summed E-state index contributed by atoms with van der Waals surface area (Å²) in [4.78, 5) is 24.2. The van der Waals surface area contributed by atoms with Crippen LogP contribution in [0.5, 0.6) is 0 Å². The maximum Gasteiger partial charge on any atom is 0.321 e. The van der Waals surface area contributed by atoms with E-state index in [0.29, 0.717) is 17.9 Å². The molecule has 0 saturated heterocycles. The number of carboxylic acid groups (broad SMARTS) is 1. The molecule has 1 unspecified atom stereocenters. The van der Waals surface area contributed by atoms with Gasteiger partial charge in [0.2, 0.25) is 0 Å². The average Bonchev–Trinajstić information content (AvgIpc) is 2.37. The Hall–Kier alpha value is -2.08. The summed E-state index contributed by atoms with van der Waals surface area (Å²) >= 11 is 0. The van der Waals surface area contributed by atoms with E-state index in [1.54, 1.807) is 38.4 Å². The molecule has 1 rings (SSSR count). The molecule has 0 heterocycles. The lowest BCUT2D eigenvalue weighted by molar-refractivity contribution is -0.136. The molecule has 0 aliphatic heterocycles. The average molecular weight is 280 g/mol. The number of carbonyl (C=O) groups is 2. The van der Waals surface area contributed by atoms with Gasteiger partial charge in [0.15, 0.2) is 0 Å². The van der Waals surface area contributed by atoms with Gasteiger partial charge in [-0.3, -0.25) is 4.79 Å². The van der Waals surface area contributed by atoms with E-state index >= 15 is 0 Å². The van der Waals surface area contributed by atoms with Crippen LogP contribution in [0.1, 0.15) is 12.5 Å². The number of carbonyl (C=O) groups excluding carboxylic acids is 1. The fourth-order valence-electron chi connectivity index (χ4n) is 1.70. The van der Waals surface area contributed by atoms with E-state index in [1.807, 2.05) is 6.92 Å². The molecule has 1 aromatic rings. The number of ether oxygens (including phenoxy) is 1. The van der Waals surface area contributed by atoms with Gasteiger partial charge in [0.05, 0.1) is 19.1 Å². The molecule has 0 spiro atoms. The second kappa shape index (κ2) is 7.49. The minimum Gasteiger partial charge on any atom is -0.481 e. The van der Waals surface area contributed by atoms with Crippen LogP contribution >= 0.6 is 0 Å². The number of rotatable bonds is 6. The zero-order chi connectivity index (χ0) is 15.1. The fourth-order valence-corrected chi connectivity index (χ4v) is 1.70. The van der Waals surface area contributed by atoms with E-state index < -0.39 is 5.97 Å². The molecule has 1 atom stereocenters. The summed E-state index contributed by atoms with van der Waals surface area (Å²) in [6, 6.07) is 6.48. The smallest absolute Gasteiger partial charge is 0.321 e. The summed E-state index contributed by atoms with van der Waals surface area (Å²) in [5.41, 5.74) is 1.22. The lowest BCUT2D eigenvalue weighted by atomic mass is 10.1. The molecule has 110 valence electrons. The lowest BCUT2D eigenvalue weighted by Crippen LogP contribution is -2.40. The van der Waals surface area contributed by atoms with Crippen LogP contribution in [0.2, 0.25) is 0 Å². The Labute approximate surface area is 118 Å². The van der Waals surface area contributed by atoms with Gasteiger partial charge in [0.1, 0.15) is 0 Å². The number of benzene rings is 1. The first kappa shape index (κ1) is 16.0. The third-order valence-electron chi connectivity index (χ3n) is 2.92. The van der Waals surface area contributed by atoms with Crippen LogP contribution in [0.15, 0.2) is 24.3 Å². The number of aliphatic carboxylic acids is 1. The number of nitrogens with one attached hydrogen (secondary N) is 1. The first-order chi connectivity index (χ1) is 9.43. The topological polar surface area (TPSA) is 78.9 Å². The summed E-state index contributed by atoms with van der Waals surface area (Å²) in [6.07, 6.45) is -0.0698. The second-order valence-corrected chi connectivity index (χ2v) is 4.62. The molecule has 0 aliphatic carbocycles. The fraction of sp³-hybridized carbons (Fsp3) is 0.429. The Balaban J connectivity index is 2.68. The van der Waals surface area contributed by atoms with Crippen molar-refractivity contribution >= 4 is 17.7 Å². The number of hydrogen-bond donors (Lipinski definition) is 2. The summed E-state index contributed by atoms with van der Waals surface area (Å²) in [7, 11) is 3.26. The Morgan fingerprint density at radius 2 is 2.15 bits per heavy atom. The molecule has 2 N–H and O–H groups in total. The van der Waals surface area contributed by atoms with Crippen LogP contribution in [0.4, 0.5) is 10.5 Å². The predicted octanol–water partition coefficient (Wildman–Crippen LogP) is 1.81. The molecule has 0 saturated carbocycles. The largest absolute Gasteiger partial charge is 0.481 e. The van der Waals surface area contributed by atoms with Crippen LogP contribution < -0.4 is 5.32 Å². The van der Waals surface area contributed by atoms with E-state index in [4.69, 9.17) is 9.84 Å². The van der Waals surface area contributed by atoms with Crippen LogP contribution in [0.25, 0.3) is 0 Å². The molecule has 6 nitrogen and oxygen atoms in total. The number of urea groups is 1. The van der Waals surface area contributed by atoms with E-state index in [0.717, 1.165) is 0 Å². The van der Waals surface area contributed by atoms with Crippen molar-refractivity contribution in [1.82, 2.24) is 4.90 Å². The highest BCUT2D eigenvalue weighted by atomic mass is 16.5. The molecule has 20 heavy (non-hydrogen) atoms. The van der Waals surface area contributed by atoms with Crippen LogP contribution in [0, 0.1) is 0 Å². The number of anilines is 1. The van der Waals surface area contributed by atoms with Crippen molar-refractivity contribution in [3.63, 3.8) is 0 Å². The summed E-state index contributed by atoms with van der Waals surface area (Å²) in [6.45, 7) is 2.33. The number of hydrogen-bond acceptors (Lipinski definition) is 3. The Morgan fingerprint density at radius 1 is 1.45 bits per heavy atom. The minimum absolute atomic E-state index is 0.0535. The van der Waals surface area contributed by atoms with E-state index in [9.17, 15) is 9.59 Å². The molecule has 1 aromatic carbocycles. The maximum atomic E-state index is 12.0. The quantitative estimate of drug-likeness (QED) is 0.833. The summed E-state index contributed by atoms with van der Waals surface area (Å²) in [5.74, 6) is -0.903. The molecular weight excluding hydrogens is 260 g/mol. The zero-order valence-corrected chi connectivity index (χ0v) is 11.9. The first-order valence-electron chi connectivity index (χ1n) is 6.27. The van der Waals surface area contributed by atoms with Gasteiger partial charge in [-0.1, -0.05) is 12.1 Å². The van der Waals surface area contributed by atoms with Crippen molar-refractivity contribution in [2.75, 3.05) is 26.1 Å². The van der Waals surface area contributed by atoms with Crippen molar-refractivity contribution in [3.05, 3.63) is 29.8 Å². The molecular formula is C14H20N2O4. The molecule has 2 amide bonds. The highest BCUT2D eigenvalue weighted by molar-refractivity contribution is 5.89. The van der Waals surface area contributed by atoms with Crippen LogP contribution in [0.3, 0.4) is 0 Å². The molecule has 0 fully saturated rings. The second-order valence-electron chi connectivity index (χ2n) is 4.62. The number of carboxylic acids is 1. The summed E-state index contributed by atoms with van der Waals surface area (Å²) < 4.78 is 5.00. The van der Waals surface area contributed by atoms with Crippen molar-refractivity contribution in [1.29, 1.82) is 0 Å². The van der Waals surface area contributed by atoms with Gasteiger partial charge in [-0.15, -0.1) is 0 Å². The van der Waals surface area contributed by atoms with Gasteiger partial charge in [-0.2, -0.15) is 0 Å². The Kier molecular flexibility index (Phi) is 5.99. The third-order valence-corrected chi connectivity index (χ3v) is 2.92. The normalized spacial score (nSPS) is 11.8. The van der Waals surface area contributed by atoms with Gasteiger partial charge in [0, 0.05) is 19.8 Å². The van der Waals surface area contributed by atoms with Crippen LogP contribution in [-0.2, 0) is 16.0 Å². The third kappa shape index (κ3) is 4.89. The Bertz CT molecular complexity index is 476. The molecule has 0 radical (unpaired) electrons. The SMILES string of the molecule is COCC(C)N(C)C(=O)Nc1cccc(CC(=O)O)c1. The van der Waals surface area contributed by atoms with Crippen molar-refractivity contribution in [3.8, 4) is 0 Å².